The smallest absolute Gasteiger partial charge is 0.312 e. The number of nitrogen functional groups attached to an aromatic ring is 1. The summed E-state index contributed by atoms with van der Waals surface area (Å²) in [5.41, 5.74) is 6.08. The van der Waals surface area contributed by atoms with E-state index in [0.29, 0.717) is 16.1 Å². The van der Waals surface area contributed by atoms with Gasteiger partial charge in [-0.15, -0.1) is 0 Å². The second-order valence-electron chi connectivity index (χ2n) is 2.67. The molecule has 2 aromatic rings. The third-order valence-corrected chi connectivity index (χ3v) is 1.82. The minimum absolute atomic E-state index is 0.0549. The van der Waals surface area contributed by atoms with Crippen LogP contribution in [0.1, 0.15) is 0 Å². The van der Waals surface area contributed by atoms with Crippen molar-refractivity contribution in [2.75, 3.05) is 12.8 Å². The highest BCUT2D eigenvalue weighted by Gasteiger charge is 2.14. The van der Waals surface area contributed by atoms with Crippen LogP contribution >= 0.6 is 0 Å². The topological polar surface area (TPSA) is 88.0 Å². The van der Waals surface area contributed by atoms with Crippen molar-refractivity contribution in [1.29, 1.82) is 0 Å². The van der Waals surface area contributed by atoms with Crippen LogP contribution in [0, 0.1) is 5.21 Å². The monoisotopic (exact) mass is 192 g/mol. The Morgan fingerprint density at radius 1 is 1.50 bits per heavy atom. The number of anilines is 1. The molecule has 6 heteroatoms. The maximum atomic E-state index is 11.4. The van der Waals surface area contributed by atoms with Gasteiger partial charge in [-0.05, 0) is 17.0 Å². The molecule has 14 heavy (non-hydrogen) atoms. The van der Waals surface area contributed by atoms with E-state index < -0.39 is 0 Å². The van der Waals surface area contributed by atoms with Crippen LogP contribution in [0.2, 0.25) is 0 Å². The molecule has 2 rings (SSSR count). The summed E-state index contributed by atoms with van der Waals surface area (Å²) in [6.07, 6.45) is 0. The highest BCUT2D eigenvalue weighted by atomic mass is 16.5. The number of rotatable bonds is 1. The third kappa shape index (κ3) is 1.17. The lowest BCUT2D eigenvalue weighted by Gasteiger charge is -2.03. The van der Waals surface area contributed by atoms with Crippen molar-refractivity contribution in [3.8, 4) is 5.75 Å². The van der Waals surface area contributed by atoms with Gasteiger partial charge in [0, 0.05) is 0 Å². The Morgan fingerprint density at radius 2 is 2.29 bits per heavy atom. The number of hydrogen-bond acceptors (Lipinski definition) is 5. The van der Waals surface area contributed by atoms with Crippen molar-refractivity contribution >= 4 is 17.0 Å². The minimum Gasteiger partial charge on any atom is -0.594 e. The summed E-state index contributed by atoms with van der Waals surface area (Å²) in [7, 11) is 1.48. The highest BCUT2D eigenvalue weighted by molar-refractivity contribution is 5.78. The zero-order valence-corrected chi connectivity index (χ0v) is 7.47. The Kier molecular flexibility index (Phi) is 1.81. The molecule has 1 heterocycles. The van der Waals surface area contributed by atoms with Crippen LogP contribution < -0.4 is 15.3 Å². The molecule has 0 aliphatic rings. The first-order valence-corrected chi connectivity index (χ1v) is 3.92. The molecule has 0 aliphatic heterocycles. The molecule has 0 spiro atoms. The van der Waals surface area contributed by atoms with E-state index in [2.05, 4.69) is 10.1 Å². The van der Waals surface area contributed by atoms with Crippen molar-refractivity contribution in [3.63, 3.8) is 0 Å². The second-order valence-corrected chi connectivity index (χ2v) is 2.67. The average Bonchev–Trinajstić information content (AvgIpc) is 2.16. The molecule has 0 fully saturated rings. The Morgan fingerprint density at radius 3 is 3.00 bits per heavy atom. The molecule has 6 nitrogen and oxygen atoms in total. The molecule has 0 amide bonds. The van der Waals surface area contributed by atoms with Crippen molar-refractivity contribution in [1.82, 2.24) is 10.1 Å². The van der Waals surface area contributed by atoms with E-state index in [1.165, 1.54) is 7.11 Å². The molecular formula is C8H8N4O2. The predicted molar refractivity (Wildman–Crippen MR) is 49.5 cm³/mol. The van der Waals surface area contributed by atoms with Gasteiger partial charge >= 0.3 is 5.52 Å². The van der Waals surface area contributed by atoms with E-state index in [1.807, 2.05) is 0 Å². The Bertz CT molecular complexity index is 486. The maximum Gasteiger partial charge on any atom is 0.312 e. The lowest BCUT2D eigenvalue weighted by molar-refractivity contribution is -0.641. The average molecular weight is 192 g/mol. The summed E-state index contributed by atoms with van der Waals surface area (Å²) in [5, 5.41) is 14.8. The van der Waals surface area contributed by atoms with Gasteiger partial charge in [-0.3, -0.25) is 0 Å². The number of para-hydroxylation sites is 1. The maximum absolute atomic E-state index is 11.4. The number of hydrogen-bond donors (Lipinski definition) is 1. The molecule has 2 N–H and O–H groups in total. The van der Waals surface area contributed by atoms with Crippen molar-refractivity contribution in [2.45, 2.75) is 0 Å². The number of benzene rings is 1. The zero-order chi connectivity index (χ0) is 10.1. The van der Waals surface area contributed by atoms with Gasteiger partial charge in [-0.2, -0.15) is 0 Å². The second kappa shape index (κ2) is 2.99. The third-order valence-electron chi connectivity index (χ3n) is 1.82. The van der Waals surface area contributed by atoms with Gasteiger partial charge in [0.2, 0.25) is 0 Å². The van der Waals surface area contributed by atoms with Crippen molar-refractivity contribution in [3.05, 3.63) is 23.4 Å². The molecule has 1 aromatic carbocycles. The van der Waals surface area contributed by atoms with Gasteiger partial charge in [0.25, 0.3) is 5.95 Å². The van der Waals surface area contributed by atoms with Crippen LogP contribution in [-0.2, 0) is 0 Å². The number of nitrogens with zero attached hydrogens (tertiary/aromatic N) is 3. The van der Waals surface area contributed by atoms with Crippen LogP contribution in [0.3, 0.4) is 0 Å². The summed E-state index contributed by atoms with van der Waals surface area (Å²) in [6, 6.07) is 5.06. The standard InChI is InChI=1S/C8H8N4O2/c1-14-6-4-2-3-5-7(6)12(13)11-8(9)10-5/h2-4H,1H3,(H2,9,10,11). The van der Waals surface area contributed by atoms with E-state index >= 15 is 0 Å². The fourth-order valence-electron chi connectivity index (χ4n) is 1.25. The minimum atomic E-state index is -0.0549. The number of nitrogens with two attached hydrogens (primary N) is 1. The molecular weight excluding hydrogens is 184 g/mol. The van der Waals surface area contributed by atoms with Crippen molar-refractivity contribution < 1.29 is 9.58 Å². The molecule has 0 radical (unpaired) electrons. The number of ether oxygens (including phenoxy) is 1. The molecule has 0 saturated carbocycles. The van der Waals surface area contributed by atoms with Crippen LogP contribution in [0.5, 0.6) is 5.75 Å². The Balaban J connectivity index is 2.87. The molecule has 0 aliphatic carbocycles. The normalized spacial score (nSPS) is 10.4. The highest BCUT2D eigenvalue weighted by Crippen LogP contribution is 2.19. The largest absolute Gasteiger partial charge is 0.594 e. The van der Waals surface area contributed by atoms with Crippen LogP contribution in [-0.4, -0.2) is 17.2 Å². The van der Waals surface area contributed by atoms with Gasteiger partial charge in [0.15, 0.2) is 5.75 Å². The number of aromatic nitrogens is 3. The Labute approximate surface area is 79.5 Å². The molecule has 0 atom stereocenters. The summed E-state index contributed by atoms with van der Waals surface area (Å²) in [4.78, 5) is 4.32. The first-order valence-electron chi connectivity index (χ1n) is 3.92. The molecule has 1 aromatic heterocycles. The zero-order valence-electron chi connectivity index (χ0n) is 7.47. The summed E-state index contributed by atoms with van der Waals surface area (Å²) in [5.74, 6) is 0.373. The predicted octanol–water partition coefficient (Wildman–Crippen LogP) is -0.146. The van der Waals surface area contributed by atoms with Crippen LogP contribution in [0.15, 0.2) is 18.2 Å². The van der Waals surface area contributed by atoms with E-state index in [4.69, 9.17) is 10.5 Å². The molecule has 0 unspecified atom stereocenters. The fraction of sp³-hybridized carbons (Fsp3) is 0.125. The SMILES string of the molecule is COc1cccc2nc(N)n[n+]([O-])c12. The van der Waals surface area contributed by atoms with Gasteiger partial charge in [-0.25, -0.2) is 4.98 Å². The Hall–Kier alpha value is -2.11. The van der Waals surface area contributed by atoms with Crippen LogP contribution in [0.25, 0.3) is 11.0 Å². The van der Waals surface area contributed by atoms with Crippen LogP contribution in [0.4, 0.5) is 5.95 Å². The first kappa shape index (κ1) is 8.49. The summed E-state index contributed by atoms with van der Waals surface area (Å²) < 4.78 is 5.01. The lowest BCUT2D eigenvalue weighted by Crippen LogP contribution is -2.33. The van der Waals surface area contributed by atoms with E-state index in [9.17, 15) is 5.21 Å². The van der Waals surface area contributed by atoms with E-state index in [1.54, 1.807) is 18.2 Å². The quantitative estimate of drug-likeness (QED) is 0.501. The molecule has 0 bridgehead atoms. The van der Waals surface area contributed by atoms with Gasteiger partial charge < -0.3 is 15.7 Å². The van der Waals surface area contributed by atoms with Gasteiger partial charge in [0.05, 0.1) is 12.2 Å². The summed E-state index contributed by atoms with van der Waals surface area (Å²) >= 11 is 0. The number of methoxy groups -OCH3 is 1. The lowest BCUT2D eigenvalue weighted by atomic mass is 10.3. The van der Waals surface area contributed by atoms with E-state index in [0.717, 1.165) is 0 Å². The molecule has 72 valence electrons. The first-order chi connectivity index (χ1) is 6.72. The summed E-state index contributed by atoms with van der Waals surface area (Å²) in [6.45, 7) is 0. The fourth-order valence-corrected chi connectivity index (χ4v) is 1.25. The number of fused-ring (bicyclic) bond motifs is 1. The molecule has 0 saturated heterocycles. The van der Waals surface area contributed by atoms with Gasteiger partial charge in [0.1, 0.15) is 5.52 Å². The van der Waals surface area contributed by atoms with Crippen molar-refractivity contribution in [2.24, 2.45) is 0 Å². The van der Waals surface area contributed by atoms with E-state index in [-0.39, 0.29) is 11.5 Å². The van der Waals surface area contributed by atoms with Gasteiger partial charge in [-0.1, -0.05) is 6.07 Å².